The maximum atomic E-state index is 13.1. The van der Waals surface area contributed by atoms with Crippen LogP contribution in [0.2, 0.25) is 0 Å². The van der Waals surface area contributed by atoms with Crippen molar-refractivity contribution < 1.29 is 24.2 Å². The van der Waals surface area contributed by atoms with Crippen LogP contribution in [0, 0.1) is 0 Å². The summed E-state index contributed by atoms with van der Waals surface area (Å²) in [5.41, 5.74) is 1.78. The number of aromatic hydroxyl groups is 1. The molecule has 0 heterocycles. The molecular weight excluding hydrogens is 452 g/mol. The minimum atomic E-state index is -0.580. The lowest BCUT2D eigenvalue weighted by molar-refractivity contribution is -0.130. The Kier molecular flexibility index (Phi) is 5.97. The second kappa shape index (κ2) is 9.39. The van der Waals surface area contributed by atoms with Crippen LogP contribution in [0.4, 0.5) is 0 Å². The number of phenolic OH excluding ortho intramolecular Hbond substituents is 1. The van der Waals surface area contributed by atoms with Crippen LogP contribution in [0.1, 0.15) is 17.3 Å². The van der Waals surface area contributed by atoms with Gasteiger partial charge in [-0.15, -0.1) is 0 Å². The van der Waals surface area contributed by atoms with E-state index in [4.69, 9.17) is 9.47 Å². The van der Waals surface area contributed by atoms with E-state index >= 15 is 0 Å². The Morgan fingerprint density at radius 2 is 1.28 bits per heavy atom. The Morgan fingerprint density at radius 3 is 1.92 bits per heavy atom. The van der Waals surface area contributed by atoms with Crippen LogP contribution >= 0.6 is 0 Å². The van der Waals surface area contributed by atoms with Gasteiger partial charge in [0.15, 0.2) is 0 Å². The molecule has 5 nitrogen and oxygen atoms in total. The second-order valence-corrected chi connectivity index (χ2v) is 8.42. The van der Waals surface area contributed by atoms with Crippen LogP contribution in [0.5, 0.6) is 17.2 Å². The van der Waals surface area contributed by atoms with Crippen molar-refractivity contribution >= 4 is 33.5 Å². The van der Waals surface area contributed by atoms with Crippen molar-refractivity contribution in [1.82, 2.24) is 0 Å². The van der Waals surface area contributed by atoms with Crippen molar-refractivity contribution in [2.75, 3.05) is 0 Å². The smallest absolute Gasteiger partial charge is 0.343 e. The monoisotopic (exact) mass is 474 g/mol. The van der Waals surface area contributed by atoms with Gasteiger partial charge in [0.1, 0.15) is 17.2 Å². The molecule has 36 heavy (non-hydrogen) atoms. The molecule has 5 aromatic rings. The number of hydrogen-bond donors (Lipinski definition) is 1. The van der Waals surface area contributed by atoms with Crippen molar-refractivity contribution in [1.29, 1.82) is 0 Å². The summed E-state index contributed by atoms with van der Waals surface area (Å²) in [6.45, 7) is 5.12. The van der Waals surface area contributed by atoms with Crippen LogP contribution in [0.3, 0.4) is 0 Å². The van der Waals surface area contributed by atoms with Gasteiger partial charge in [-0.05, 0) is 64.9 Å². The number of rotatable bonds is 5. The maximum Gasteiger partial charge on any atom is 0.343 e. The fourth-order valence-corrected chi connectivity index (χ4v) is 4.13. The van der Waals surface area contributed by atoms with E-state index in [0.29, 0.717) is 22.6 Å². The Morgan fingerprint density at radius 1 is 0.694 bits per heavy atom. The van der Waals surface area contributed by atoms with Gasteiger partial charge in [-0.25, -0.2) is 9.59 Å². The molecule has 5 rings (SSSR count). The van der Waals surface area contributed by atoms with E-state index < -0.39 is 11.9 Å². The van der Waals surface area contributed by atoms with Gasteiger partial charge >= 0.3 is 11.9 Å². The molecule has 0 unspecified atom stereocenters. The standard InChI is InChI=1S/C31H22O5/c1-19(2)30(33)35-23-15-11-22(12-16-23)31(34)36-27-18-14-21-8-4-6-10-25(21)29(27)28-24-9-5-3-7-20(24)13-17-26(28)32/h3-18,32H,1H2,2H3. The largest absolute Gasteiger partial charge is 0.507 e. The molecule has 0 amide bonds. The van der Waals surface area contributed by atoms with E-state index in [1.54, 1.807) is 19.1 Å². The van der Waals surface area contributed by atoms with E-state index in [9.17, 15) is 14.7 Å². The summed E-state index contributed by atoms with van der Waals surface area (Å²) in [7, 11) is 0. The second-order valence-electron chi connectivity index (χ2n) is 8.42. The van der Waals surface area contributed by atoms with E-state index in [1.165, 1.54) is 24.3 Å². The first-order valence-corrected chi connectivity index (χ1v) is 11.3. The molecule has 0 fully saturated rings. The van der Waals surface area contributed by atoms with Crippen LogP contribution in [0.15, 0.2) is 109 Å². The third kappa shape index (κ3) is 4.30. The normalized spacial score (nSPS) is 10.8. The predicted octanol–water partition coefficient (Wildman–Crippen LogP) is 7.07. The number of esters is 2. The summed E-state index contributed by atoms with van der Waals surface area (Å²) in [6.07, 6.45) is 0. The maximum absolute atomic E-state index is 13.1. The molecule has 1 N–H and O–H groups in total. The number of carbonyl (C=O) groups excluding carboxylic acids is 2. The molecule has 0 atom stereocenters. The lowest BCUT2D eigenvalue weighted by Gasteiger charge is -2.17. The third-order valence-corrected chi connectivity index (χ3v) is 5.90. The van der Waals surface area contributed by atoms with Crippen molar-refractivity contribution in [2.45, 2.75) is 6.92 Å². The highest BCUT2D eigenvalue weighted by molar-refractivity contribution is 6.10. The first kappa shape index (κ1) is 22.9. The zero-order chi connectivity index (χ0) is 25.2. The first-order valence-electron chi connectivity index (χ1n) is 11.3. The zero-order valence-corrected chi connectivity index (χ0v) is 19.5. The van der Waals surface area contributed by atoms with Gasteiger partial charge in [-0.2, -0.15) is 0 Å². The third-order valence-electron chi connectivity index (χ3n) is 5.90. The number of ether oxygens (including phenoxy) is 2. The number of fused-ring (bicyclic) bond motifs is 2. The van der Waals surface area contributed by atoms with Gasteiger partial charge in [0.2, 0.25) is 0 Å². The van der Waals surface area contributed by atoms with E-state index in [-0.39, 0.29) is 16.9 Å². The summed E-state index contributed by atoms with van der Waals surface area (Å²) in [5.74, 6) is -0.411. The van der Waals surface area contributed by atoms with E-state index in [1.807, 2.05) is 60.7 Å². The average Bonchev–Trinajstić information content (AvgIpc) is 2.89. The number of carbonyl (C=O) groups is 2. The van der Waals surface area contributed by atoms with E-state index in [0.717, 1.165) is 21.5 Å². The molecule has 176 valence electrons. The quantitative estimate of drug-likeness (QED) is 0.168. The van der Waals surface area contributed by atoms with Gasteiger partial charge in [0, 0.05) is 16.7 Å². The number of benzene rings is 5. The van der Waals surface area contributed by atoms with Crippen LogP contribution in [-0.4, -0.2) is 17.0 Å². The van der Waals surface area contributed by atoms with Crippen LogP contribution < -0.4 is 9.47 Å². The Hall–Kier alpha value is -4.90. The van der Waals surface area contributed by atoms with Crippen molar-refractivity contribution in [3.05, 3.63) is 115 Å². The topological polar surface area (TPSA) is 72.8 Å². The molecule has 0 aliphatic heterocycles. The summed E-state index contributed by atoms with van der Waals surface area (Å²) in [6, 6.07) is 28.7. The lowest BCUT2D eigenvalue weighted by Crippen LogP contribution is -2.10. The molecule has 0 saturated heterocycles. The van der Waals surface area contributed by atoms with Crippen LogP contribution in [0.25, 0.3) is 32.7 Å². The lowest BCUT2D eigenvalue weighted by atomic mass is 9.92. The summed E-state index contributed by atoms with van der Waals surface area (Å²) in [4.78, 5) is 24.9. The minimum Gasteiger partial charge on any atom is -0.507 e. The van der Waals surface area contributed by atoms with Gasteiger partial charge in [0.05, 0.1) is 5.56 Å². The molecular formula is C31H22O5. The van der Waals surface area contributed by atoms with Crippen molar-refractivity contribution in [3.8, 4) is 28.4 Å². The summed E-state index contributed by atoms with van der Waals surface area (Å²) in [5, 5.41) is 14.5. The molecule has 0 spiro atoms. The summed E-state index contributed by atoms with van der Waals surface area (Å²) < 4.78 is 11.1. The highest BCUT2D eigenvalue weighted by Gasteiger charge is 2.20. The molecule has 5 aromatic carbocycles. The number of phenols is 1. The predicted molar refractivity (Wildman–Crippen MR) is 140 cm³/mol. The van der Waals surface area contributed by atoms with Gasteiger partial charge < -0.3 is 14.6 Å². The van der Waals surface area contributed by atoms with Gasteiger partial charge in [0.25, 0.3) is 0 Å². The van der Waals surface area contributed by atoms with Crippen molar-refractivity contribution in [3.63, 3.8) is 0 Å². The fourth-order valence-electron chi connectivity index (χ4n) is 4.13. The molecule has 0 aliphatic carbocycles. The highest BCUT2D eigenvalue weighted by atomic mass is 16.5. The SMILES string of the molecule is C=C(C)C(=O)Oc1ccc(C(=O)Oc2ccc3ccccc3c2-c2c(O)ccc3ccccc23)cc1. The Bertz CT molecular complexity index is 1650. The fraction of sp³-hybridized carbons (Fsp3) is 0.0323. The Balaban J connectivity index is 1.58. The average molecular weight is 475 g/mol. The molecule has 5 heteroatoms. The molecule has 0 bridgehead atoms. The minimum absolute atomic E-state index is 0.0889. The van der Waals surface area contributed by atoms with Gasteiger partial charge in [-0.3, -0.25) is 0 Å². The van der Waals surface area contributed by atoms with Crippen molar-refractivity contribution in [2.24, 2.45) is 0 Å². The Labute approximate surface area is 207 Å². The van der Waals surface area contributed by atoms with Crippen LogP contribution in [-0.2, 0) is 4.79 Å². The zero-order valence-electron chi connectivity index (χ0n) is 19.5. The van der Waals surface area contributed by atoms with Gasteiger partial charge in [-0.1, -0.05) is 67.2 Å². The van der Waals surface area contributed by atoms with E-state index in [2.05, 4.69) is 6.58 Å². The molecule has 0 aliphatic rings. The first-order chi connectivity index (χ1) is 17.4. The molecule has 0 radical (unpaired) electrons. The molecule has 0 saturated carbocycles. The molecule has 0 aromatic heterocycles. The highest BCUT2D eigenvalue weighted by Crippen LogP contribution is 2.45. The number of hydrogen-bond acceptors (Lipinski definition) is 5. The summed E-state index contributed by atoms with van der Waals surface area (Å²) >= 11 is 0.